The number of hydrogen-bond acceptors (Lipinski definition) is 3. The number of pyridine rings is 1. The Kier molecular flexibility index (Phi) is 3.33. The van der Waals surface area contributed by atoms with Gasteiger partial charge in [-0.3, -0.25) is 9.78 Å². The average molecular weight is 306 g/mol. The SMILES string of the molecule is Cn1c(C2CCN(C(=O)c3cccnc3)C2)nc2ccccc21. The molecule has 1 saturated heterocycles. The van der Waals surface area contributed by atoms with Crippen LogP contribution in [0.25, 0.3) is 11.0 Å². The van der Waals surface area contributed by atoms with Crippen molar-refractivity contribution in [3.8, 4) is 0 Å². The minimum atomic E-state index is 0.0550. The lowest BCUT2D eigenvalue weighted by Gasteiger charge is -2.16. The lowest BCUT2D eigenvalue weighted by atomic mass is 10.1. The van der Waals surface area contributed by atoms with Gasteiger partial charge in [0.25, 0.3) is 5.91 Å². The van der Waals surface area contributed by atoms with Crippen LogP contribution in [0.3, 0.4) is 0 Å². The highest BCUT2D eigenvalue weighted by molar-refractivity contribution is 5.94. The van der Waals surface area contributed by atoms with Crippen molar-refractivity contribution in [1.82, 2.24) is 19.4 Å². The number of nitrogens with zero attached hydrogens (tertiary/aromatic N) is 4. The molecule has 2 aromatic heterocycles. The molecular formula is C18H18N4O. The van der Waals surface area contributed by atoms with Crippen LogP contribution < -0.4 is 0 Å². The number of amides is 1. The zero-order chi connectivity index (χ0) is 15.8. The van der Waals surface area contributed by atoms with Crippen molar-refractivity contribution in [3.63, 3.8) is 0 Å². The van der Waals surface area contributed by atoms with Gasteiger partial charge < -0.3 is 9.47 Å². The van der Waals surface area contributed by atoms with Gasteiger partial charge in [-0.2, -0.15) is 0 Å². The maximum atomic E-state index is 12.5. The Morgan fingerprint density at radius 3 is 2.87 bits per heavy atom. The third-order valence-corrected chi connectivity index (χ3v) is 4.57. The van der Waals surface area contributed by atoms with Crippen molar-refractivity contribution >= 4 is 16.9 Å². The summed E-state index contributed by atoms with van der Waals surface area (Å²) < 4.78 is 2.15. The van der Waals surface area contributed by atoms with Crippen LogP contribution in [-0.4, -0.2) is 38.4 Å². The monoisotopic (exact) mass is 306 g/mol. The van der Waals surface area contributed by atoms with Crippen LogP contribution in [-0.2, 0) is 7.05 Å². The van der Waals surface area contributed by atoms with Gasteiger partial charge in [-0.05, 0) is 30.7 Å². The van der Waals surface area contributed by atoms with Crippen molar-refractivity contribution < 1.29 is 4.79 Å². The van der Waals surface area contributed by atoms with Gasteiger partial charge in [-0.15, -0.1) is 0 Å². The van der Waals surface area contributed by atoms with E-state index in [9.17, 15) is 4.79 Å². The Labute approximate surface area is 134 Å². The minimum absolute atomic E-state index is 0.0550. The first-order chi connectivity index (χ1) is 11.2. The van der Waals surface area contributed by atoms with Gasteiger partial charge >= 0.3 is 0 Å². The van der Waals surface area contributed by atoms with Crippen LogP contribution in [0.4, 0.5) is 0 Å². The molecule has 1 amide bonds. The van der Waals surface area contributed by atoms with Gasteiger partial charge in [0.1, 0.15) is 5.82 Å². The second-order valence-corrected chi connectivity index (χ2v) is 6.00. The van der Waals surface area contributed by atoms with Gasteiger partial charge in [0.2, 0.25) is 0 Å². The lowest BCUT2D eigenvalue weighted by molar-refractivity contribution is 0.0790. The summed E-state index contributed by atoms with van der Waals surface area (Å²) in [5.74, 6) is 1.40. The van der Waals surface area contributed by atoms with E-state index in [-0.39, 0.29) is 11.8 Å². The third-order valence-electron chi connectivity index (χ3n) is 4.57. The molecule has 5 nitrogen and oxygen atoms in total. The van der Waals surface area contributed by atoms with Crippen molar-refractivity contribution in [2.75, 3.05) is 13.1 Å². The highest BCUT2D eigenvalue weighted by Gasteiger charge is 2.30. The summed E-state index contributed by atoms with van der Waals surface area (Å²) in [6, 6.07) is 11.8. The highest BCUT2D eigenvalue weighted by atomic mass is 16.2. The van der Waals surface area contributed by atoms with Gasteiger partial charge in [-0.25, -0.2) is 4.98 Å². The number of hydrogen-bond donors (Lipinski definition) is 0. The molecule has 0 saturated carbocycles. The maximum Gasteiger partial charge on any atom is 0.255 e. The van der Waals surface area contributed by atoms with E-state index in [1.165, 1.54) is 0 Å². The first-order valence-corrected chi connectivity index (χ1v) is 7.84. The predicted molar refractivity (Wildman–Crippen MR) is 88.2 cm³/mol. The number of para-hydroxylation sites is 2. The first kappa shape index (κ1) is 13.9. The number of imidazole rings is 1. The average Bonchev–Trinajstić information content (AvgIpc) is 3.20. The van der Waals surface area contributed by atoms with Crippen LogP contribution >= 0.6 is 0 Å². The Morgan fingerprint density at radius 1 is 1.22 bits per heavy atom. The molecule has 4 rings (SSSR count). The Balaban J connectivity index is 1.58. The molecule has 5 heteroatoms. The van der Waals surface area contributed by atoms with E-state index >= 15 is 0 Å². The molecule has 0 aliphatic carbocycles. The molecule has 3 aromatic rings. The molecule has 0 radical (unpaired) electrons. The zero-order valence-corrected chi connectivity index (χ0v) is 13.0. The Morgan fingerprint density at radius 2 is 2.09 bits per heavy atom. The lowest BCUT2D eigenvalue weighted by Crippen LogP contribution is -2.28. The van der Waals surface area contributed by atoms with E-state index in [1.54, 1.807) is 18.5 Å². The molecule has 0 spiro atoms. The number of aryl methyl sites for hydroxylation is 1. The minimum Gasteiger partial charge on any atom is -0.338 e. The molecule has 1 fully saturated rings. The van der Waals surface area contributed by atoms with Crippen LogP contribution in [0.2, 0.25) is 0 Å². The van der Waals surface area contributed by atoms with Crippen LogP contribution in [0.5, 0.6) is 0 Å². The molecule has 0 N–H and O–H groups in total. The summed E-state index contributed by atoms with van der Waals surface area (Å²) in [4.78, 5) is 23.3. The summed E-state index contributed by atoms with van der Waals surface area (Å²) in [5, 5.41) is 0. The fourth-order valence-electron chi connectivity index (χ4n) is 3.36. The van der Waals surface area contributed by atoms with E-state index in [4.69, 9.17) is 4.98 Å². The topological polar surface area (TPSA) is 51.0 Å². The van der Waals surface area contributed by atoms with E-state index in [1.807, 2.05) is 29.2 Å². The molecule has 1 aliphatic heterocycles. The van der Waals surface area contributed by atoms with Crippen LogP contribution in [0, 0.1) is 0 Å². The number of fused-ring (bicyclic) bond motifs is 1. The molecule has 23 heavy (non-hydrogen) atoms. The molecular weight excluding hydrogens is 288 g/mol. The summed E-state index contributed by atoms with van der Waals surface area (Å²) in [5.41, 5.74) is 2.81. The zero-order valence-electron chi connectivity index (χ0n) is 13.0. The summed E-state index contributed by atoms with van der Waals surface area (Å²) >= 11 is 0. The molecule has 1 aromatic carbocycles. The third kappa shape index (κ3) is 2.38. The quantitative estimate of drug-likeness (QED) is 0.731. The predicted octanol–water partition coefficient (Wildman–Crippen LogP) is 2.60. The number of rotatable bonds is 2. The fourth-order valence-corrected chi connectivity index (χ4v) is 3.36. The molecule has 1 atom stereocenters. The largest absolute Gasteiger partial charge is 0.338 e. The van der Waals surface area contributed by atoms with Crippen LogP contribution in [0.15, 0.2) is 48.8 Å². The summed E-state index contributed by atoms with van der Waals surface area (Å²) in [7, 11) is 2.05. The number of aromatic nitrogens is 3. The molecule has 116 valence electrons. The normalized spacial score (nSPS) is 17.8. The first-order valence-electron chi connectivity index (χ1n) is 7.84. The molecule has 0 bridgehead atoms. The molecule has 1 aliphatic rings. The maximum absolute atomic E-state index is 12.5. The number of carbonyl (C=O) groups is 1. The van der Waals surface area contributed by atoms with Crippen molar-refractivity contribution in [2.45, 2.75) is 12.3 Å². The molecule has 1 unspecified atom stereocenters. The van der Waals surface area contributed by atoms with Gasteiger partial charge in [0.05, 0.1) is 16.6 Å². The summed E-state index contributed by atoms with van der Waals surface area (Å²) in [6.45, 7) is 1.48. The van der Waals surface area contributed by atoms with E-state index in [2.05, 4.69) is 22.7 Å². The Bertz CT molecular complexity index is 856. The fraction of sp³-hybridized carbons (Fsp3) is 0.278. The number of likely N-dealkylation sites (tertiary alicyclic amines) is 1. The van der Waals surface area contributed by atoms with Crippen molar-refractivity contribution in [2.24, 2.45) is 7.05 Å². The molecule has 3 heterocycles. The van der Waals surface area contributed by atoms with Gasteiger partial charge in [0, 0.05) is 38.4 Å². The van der Waals surface area contributed by atoms with Gasteiger partial charge in [0.15, 0.2) is 0 Å². The van der Waals surface area contributed by atoms with E-state index in [0.29, 0.717) is 12.1 Å². The highest BCUT2D eigenvalue weighted by Crippen LogP contribution is 2.29. The number of benzene rings is 1. The second kappa shape index (κ2) is 5.50. The van der Waals surface area contributed by atoms with Crippen LogP contribution in [0.1, 0.15) is 28.5 Å². The number of carbonyl (C=O) groups excluding carboxylic acids is 1. The summed E-state index contributed by atoms with van der Waals surface area (Å²) in [6.07, 6.45) is 4.26. The Hall–Kier alpha value is -2.69. The van der Waals surface area contributed by atoms with Gasteiger partial charge in [-0.1, -0.05) is 12.1 Å². The second-order valence-electron chi connectivity index (χ2n) is 6.00. The van der Waals surface area contributed by atoms with E-state index in [0.717, 1.165) is 29.8 Å². The van der Waals surface area contributed by atoms with E-state index < -0.39 is 0 Å². The standard InChI is InChI=1S/C18H18N4O/c1-21-16-7-3-2-6-15(16)20-17(21)14-8-10-22(12-14)18(23)13-5-4-9-19-11-13/h2-7,9,11,14H,8,10,12H2,1H3. The smallest absolute Gasteiger partial charge is 0.255 e. The van der Waals surface area contributed by atoms with Crippen molar-refractivity contribution in [1.29, 1.82) is 0 Å². The van der Waals surface area contributed by atoms with Crippen molar-refractivity contribution in [3.05, 3.63) is 60.2 Å².